The number of thiocarbonyl (C=S) groups is 1. The lowest BCUT2D eigenvalue weighted by molar-refractivity contribution is -0.121. The maximum Gasteiger partial charge on any atom is 0.266 e. The Morgan fingerprint density at radius 1 is 1.21 bits per heavy atom. The van der Waals surface area contributed by atoms with Crippen molar-refractivity contribution < 1.29 is 9.59 Å². The number of rotatable bonds is 4. The van der Waals surface area contributed by atoms with E-state index < -0.39 is 0 Å². The van der Waals surface area contributed by atoms with Gasteiger partial charge in [-0.05, 0) is 55.0 Å². The number of pyridine rings is 1. The summed E-state index contributed by atoms with van der Waals surface area (Å²) in [5, 5.41) is 3.81. The first-order valence-corrected chi connectivity index (χ1v) is 10.3. The van der Waals surface area contributed by atoms with E-state index in [1.165, 1.54) is 11.8 Å². The second-order valence-electron chi connectivity index (χ2n) is 6.41. The second kappa shape index (κ2) is 8.14. The Labute approximate surface area is 177 Å². The van der Waals surface area contributed by atoms with Gasteiger partial charge in [-0.3, -0.25) is 19.5 Å². The van der Waals surface area contributed by atoms with Crippen LogP contribution in [-0.4, -0.2) is 32.6 Å². The summed E-state index contributed by atoms with van der Waals surface area (Å²) in [6, 6.07) is 16.5. The van der Waals surface area contributed by atoms with E-state index in [9.17, 15) is 9.59 Å². The molecule has 1 aliphatic heterocycles. The van der Waals surface area contributed by atoms with Gasteiger partial charge in [-0.1, -0.05) is 42.2 Å². The Bertz CT molecular complexity index is 1160. The Hall–Kier alpha value is -3.03. The number of anilines is 1. The summed E-state index contributed by atoms with van der Waals surface area (Å²) in [7, 11) is 0. The number of aromatic nitrogens is 1. The van der Waals surface area contributed by atoms with Crippen LogP contribution in [0.5, 0.6) is 0 Å². The van der Waals surface area contributed by atoms with Gasteiger partial charge in [-0.15, -0.1) is 0 Å². The first-order valence-electron chi connectivity index (χ1n) is 9.07. The molecule has 0 atom stereocenters. The monoisotopic (exact) mass is 419 g/mol. The molecular formula is C22H17N3O2S2. The van der Waals surface area contributed by atoms with Crippen molar-refractivity contribution in [2.75, 3.05) is 11.9 Å². The number of amides is 2. The highest BCUT2D eigenvalue weighted by atomic mass is 32.2. The lowest BCUT2D eigenvalue weighted by Gasteiger charge is -2.09. The van der Waals surface area contributed by atoms with E-state index in [2.05, 4.69) is 10.3 Å². The number of benzene rings is 2. The third-order valence-electron chi connectivity index (χ3n) is 4.52. The third-order valence-corrected chi connectivity index (χ3v) is 5.90. The van der Waals surface area contributed by atoms with Crippen molar-refractivity contribution in [1.82, 2.24) is 9.88 Å². The summed E-state index contributed by atoms with van der Waals surface area (Å²) in [5.74, 6) is -0.252. The maximum absolute atomic E-state index is 12.6. The molecular weight excluding hydrogens is 402 g/mol. The summed E-state index contributed by atoms with van der Waals surface area (Å²) < 4.78 is 0.582. The average molecular weight is 420 g/mol. The lowest BCUT2D eigenvalue weighted by Crippen LogP contribution is -2.27. The van der Waals surface area contributed by atoms with Gasteiger partial charge in [0, 0.05) is 29.4 Å². The fourth-order valence-electron chi connectivity index (χ4n) is 3.01. The van der Waals surface area contributed by atoms with Crippen LogP contribution in [0.1, 0.15) is 22.8 Å². The van der Waals surface area contributed by atoms with Gasteiger partial charge in [0.15, 0.2) is 0 Å². The summed E-state index contributed by atoms with van der Waals surface area (Å²) >= 11 is 6.54. The van der Waals surface area contributed by atoms with Crippen molar-refractivity contribution in [2.45, 2.75) is 6.92 Å². The highest BCUT2D eigenvalue weighted by Crippen LogP contribution is 2.32. The summed E-state index contributed by atoms with van der Waals surface area (Å²) in [6.45, 7) is 2.47. The molecule has 29 heavy (non-hydrogen) atoms. The second-order valence-corrected chi connectivity index (χ2v) is 8.09. The first kappa shape index (κ1) is 19.3. The Balaban J connectivity index is 1.48. The van der Waals surface area contributed by atoms with E-state index in [4.69, 9.17) is 12.2 Å². The number of carbonyl (C=O) groups excluding carboxylic acids is 2. The highest BCUT2D eigenvalue weighted by molar-refractivity contribution is 8.26. The minimum Gasteiger partial charge on any atom is -0.322 e. The minimum absolute atomic E-state index is 0.0642. The van der Waals surface area contributed by atoms with E-state index >= 15 is 0 Å². The van der Waals surface area contributed by atoms with Crippen molar-refractivity contribution in [3.05, 3.63) is 76.8 Å². The molecule has 0 radical (unpaired) electrons. The van der Waals surface area contributed by atoms with E-state index in [-0.39, 0.29) is 11.8 Å². The molecule has 0 aliphatic carbocycles. The molecule has 144 valence electrons. The highest BCUT2D eigenvalue weighted by Gasteiger charge is 2.30. The molecule has 1 N–H and O–H groups in total. The largest absolute Gasteiger partial charge is 0.322 e. The van der Waals surface area contributed by atoms with Crippen molar-refractivity contribution in [3.63, 3.8) is 0 Å². The van der Waals surface area contributed by atoms with Crippen LogP contribution in [0.4, 0.5) is 5.69 Å². The Kier molecular flexibility index (Phi) is 5.42. The van der Waals surface area contributed by atoms with Crippen molar-refractivity contribution in [2.24, 2.45) is 0 Å². The molecule has 5 nitrogen and oxygen atoms in total. The van der Waals surface area contributed by atoms with Crippen molar-refractivity contribution >= 4 is 62.8 Å². The maximum atomic E-state index is 12.6. The van der Waals surface area contributed by atoms with Gasteiger partial charge in [0.05, 0.1) is 10.4 Å². The van der Waals surface area contributed by atoms with Gasteiger partial charge in [-0.25, -0.2) is 0 Å². The number of fused-ring (bicyclic) bond motifs is 1. The lowest BCUT2D eigenvalue weighted by atomic mass is 10.1. The molecule has 0 spiro atoms. The van der Waals surface area contributed by atoms with Crippen LogP contribution in [0.25, 0.3) is 17.0 Å². The zero-order valence-corrected chi connectivity index (χ0v) is 17.2. The summed E-state index contributed by atoms with van der Waals surface area (Å²) in [5.41, 5.74) is 2.97. The van der Waals surface area contributed by atoms with Crippen LogP contribution in [0.3, 0.4) is 0 Å². The SMILES string of the molecule is CCN1C(=O)/C(=C/c2ccc(NC(=O)c3ccc4ncccc4c3)cc2)SC1=S. The van der Waals surface area contributed by atoms with Gasteiger partial charge in [-0.2, -0.15) is 0 Å². The van der Waals surface area contributed by atoms with Crippen LogP contribution in [0, 0.1) is 0 Å². The van der Waals surface area contributed by atoms with Crippen LogP contribution in [-0.2, 0) is 4.79 Å². The quantitative estimate of drug-likeness (QED) is 0.490. The number of hydrogen-bond acceptors (Lipinski definition) is 5. The molecule has 2 heterocycles. The molecule has 4 rings (SSSR count). The van der Waals surface area contributed by atoms with Crippen LogP contribution < -0.4 is 5.32 Å². The molecule has 0 saturated carbocycles. The van der Waals surface area contributed by atoms with Gasteiger partial charge in [0.25, 0.3) is 11.8 Å². The predicted octanol–water partition coefficient (Wildman–Crippen LogP) is 4.71. The van der Waals surface area contributed by atoms with Gasteiger partial charge in [0.1, 0.15) is 4.32 Å². The molecule has 1 saturated heterocycles. The molecule has 7 heteroatoms. The van der Waals surface area contributed by atoms with Gasteiger partial charge in [0.2, 0.25) is 0 Å². The fourth-order valence-corrected chi connectivity index (χ4v) is 4.39. The smallest absolute Gasteiger partial charge is 0.266 e. The topological polar surface area (TPSA) is 62.3 Å². The van der Waals surface area contributed by atoms with Gasteiger partial charge < -0.3 is 5.32 Å². The van der Waals surface area contributed by atoms with E-state index in [1.54, 1.807) is 17.2 Å². The van der Waals surface area contributed by atoms with E-state index in [1.807, 2.05) is 61.5 Å². The summed E-state index contributed by atoms with van der Waals surface area (Å²) in [6.07, 6.45) is 3.54. The van der Waals surface area contributed by atoms with Crippen molar-refractivity contribution in [1.29, 1.82) is 0 Å². The molecule has 1 fully saturated rings. The molecule has 3 aromatic rings. The molecule has 0 bridgehead atoms. The zero-order valence-electron chi connectivity index (χ0n) is 15.6. The fraction of sp³-hybridized carbons (Fsp3) is 0.0909. The third kappa shape index (κ3) is 4.06. The molecule has 2 aromatic carbocycles. The molecule has 1 aliphatic rings. The minimum atomic E-state index is -0.188. The number of nitrogens with zero attached hydrogens (tertiary/aromatic N) is 2. The number of hydrogen-bond donors (Lipinski definition) is 1. The van der Waals surface area contributed by atoms with Crippen LogP contribution in [0.2, 0.25) is 0 Å². The Morgan fingerprint density at radius 3 is 2.72 bits per heavy atom. The molecule has 0 unspecified atom stereocenters. The molecule has 2 amide bonds. The standard InChI is InChI=1S/C22H17N3O2S2/c1-2-25-21(27)19(29-22(25)28)12-14-5-8-17(9-6-14)24-20(26)16-7-10-18-15(13-16)4-3-11-23-18/h3-13H,2H2,1H3,(H,24,26)/b19-12-. The normalized spacial score (nSPS) is 15.3. The first-order chi connectivity index (χ1) is 14.0. The van der Waals surface area contributed by atoms with Crippen LogP contribution in [0.15, 0.2) is 65.7 Å². The number of thioether (sulfide) groups is 1. The van der Waals surface area contributed by atoms with E-state index in [0.29, 0.717) is 27.0 Å². The predicted molar refractivity (Wildman–Crippen MR) is 122 cm³/mol. The van der Waals surface area contributed by atoms with Crippen LogP contribution >= 0.6 is 24.0 Å². The number of carbonyl (C=O) groups is 2. The zero-order chi connectivity index (χ0) is 20.4. The molecule has 1 aromatic heterocycles. The van der Waals surface area contributed by atoms with Crippen molar-refractivity contribution in [3.8, 4) is 0 Å². The average Bonchev–Trinajstić information content (AvgIpc) is 3.01. The van der Waals surface area contributed by atoms with Gasteiger partial charge >= 0.3 is 0 Å². The summed E-state index contributed by atoms with van der Waals surface area (Å²) in [4.78, 5) is 31.3. The number of likely N-dealkylation sites (N-methyl/N-ethyl adjacent to an activating group) is 1. The van der Waals surface area contributed by atoms with E-state index in [0.717, 1.165) is 16.5 Å². The number of nitrogens with one attached hydrogen (secondary N) is 1. The Morgan fingerprint density at radius 2 is 2.00 bits per heavy atom.